The molecule has 9 atom stereocenters. The van der Waals surface area contributed by atoms with Crippen molar-refractivity contribution in [2.45, 2.75) is 159 Å². The molecule has 1 spiro atoms. The Labute approximate surface area is 441 Å². The number of carbonyl (C=O) groups is 6. The van der Waals surface area contributed by atoms with Crippen LogP contribution in [-0.2, 0) is 60.5 Å². The number of ketones is 2. The molecule has 3 heterocycles. The molecule has 7 rings (SSSR count). The standard InChI is InChI=1S/C60H75N3O12/c1-38(18-27-54-39(2)31-53(41(4)74-54)63-57(68)29-20-40(3)73-42(5)64)19-28-55-58(69)60(37-72-60)34-47(75-55)33-45(65)26-25-43-21-23-44(24-22-43)32-46(66)35-62-56(67)17-7-6-12-30-61-59(70)71-36-52-50-15-10-8-13-48(50)49-14-9-11-16-51(49)52/h8-11,13-16,18-24,28-29,39-41,47,52-55,58,69H,6-7,12,17,25-27,30-37H2,1-5H3,(H,61,70)(H,62,67)(H,63,68)/b28-19+,29-20-,38-18+/t39-,40-,41+,47+,53+,54-,55+,58+,60+/m0/s1. The number of carbonyl (C=O) groups excluding carboxylic acids is 6. The van der Waals surface area contributed by atoms with Crippen LogP contribution >= 0.6 is 0 Å². The Bertz CT molecular complexity index is 2520. The maximum absolute atomic E-state index is 13.2. The number of fused-ring (bicyclic) bond motifs is 3. The Morgan fingerprint density at radius 3 is 2.23 bits per heavy atom. The molecule has 4 N–H and O–H groups in total. The molecule has 0 saturated carbocycles. The summed E-state index contributed by atoms with van der Waals surface area (Å²) in [6.07, 6.45) is 11.1. The average Bonchev–Trinajstić information content (AvgIpc) is 4.10. The van der Waals surface area contributed by atoms with Crippen molar-refractivity contribution in [3.63, 3.8) is 0 Å². The van der Waals surface area contributed by atoms with Crippen molar-refractivity contribution in [3.8, 4) is 11.1 Å². The summed E-state index contributed by atoms with van der Waals surface area (Å²) in [6, 6.07) is 23.8. The molecule has 4 aliphatic rings. The van der Waals surface area contributed by atoms with Crippen molar-refractivity contribution in [2.75, 3.05) is 26.3 Å². The third-order valence-corrected chi connectivity index (χ3v) is 14.7. The number of ether oxygens (including phenoxy) is 5. The Morgan fingerprint density at radius 1 is 0.840 bits per heavy atom. The molecule has 3 aromatic rings. The predicted molar refractivity (Wildman–Crippen MR) is 284 cm³/mol. The van der Waals surface area contributed by atoms with Crippen LogP contribution in [-0.4, -0.2) is 115 Å². The summed E-state index contributed by atoms with van der Waals surface area (Å²) in [4.78, 5) is 74.6. The second kappa shape index (κ2) is 27.0. The number of hydrogen-bond donors (Lipinski definition) is 4. The van der Waals surface area contributed by atoms with Crippen LogP contribution in [0.1, 0.15) is 121 Å². The summed E-state index contributed by atoms with van der Waals surface area (Å²) < 4.78 is 29.0. The van der Waals surface area contributed by atoms with Gasteiger partial charge in [-0.05, 0) is 98.2 Å². The van der Waals surface area contributed by atoms with E-state index in [-0.39, 0.29) is 85.9 Å². The Hall–Kier alpha value is -6.26. The van der Waals surface area contributed by atoms with Gasteiger partial charge < -0.3 is 44.7 Å². The molecule has 3 saturated heterocycles. The fourth-order valence-electron chi connectivity index (χ4n) is 10.4. The number of Topliss-reactive ketones (excluding diaryl/α,β-unsaturated/α-hetero) is 2. The van der Waals surface area contributed by atoms with Crippen molar-refractivity contribution < 1.29 is 57.6 Å². The maximum Gasteiger partial charge on any atom is 0.407 e. The first-order valence-electron chi connectivity index (χ1n) is 26.7. The smallest absolute Gasteiger partial charge is 0.407 e. The number of allylic oxidation sites excluding steroid dienone is 2. The van der Waals surface area contributed by atoms with E-state index in [0.717, 1.165) is 40.7 Å². The van der Waals surface area contributed by atoms with Gasteiger partial charge in [-0.2, -0.15) is 0 Å². The van der Waals surface area contributed by atoms with Crippen LogP contribution in [0.25, 0.3) is 11.1 Å². The lowest BCUT2D eigenvalue weighted by atomic mass is 9.86. The lowest BCUT2D eigenvalue weighted by Crippen LogP contribution is -2.50. The van der Waals surface area contributed by atoms with E-state index in [1.54, 1.807) is 13.0 Å². The minimum Gasteiger partial charge on any atom is -0.459 e. The number of epoxide rings is 1. The van der Waals surface area contributed by atoms with Crippen LogP contribution < -0.4 is 16.0 Å². The topological polar surface area (TPSA) is 208 Å². The number of unbranched alkanes of at least 4 members (excludes halogenated alkanes) is 2. The average molecular weight is 1030 g/mol. The van der Waals surface area contributed by atoms with Crippen molar-refractivity contribution in [1.29, 1.82) is 0 Å². The number of nitrogens with one attached hydrogen (secondary N) is 3. The quantitative estimate of drug-likeness (QED) is 0.0210. The zero-order chi connectivity index (χ0) is 53.5. The molecule has 75 heavy (non-hydrogen) atoms. The van der Waals surface area contributed by atoms with E-state index in [9.17, 15) is 33.9 Å². The van der Waals surface area contributed by atoms with Crippen molar-refractivity contribution in [3.05, 3.63) is 131 Å². The lowest BCUT2D eigenvalue weighted by molar-refractivity contribution is -0.144. The monoisotopic (exact) mass is 1030 g/mol. The second-order valence-corrected chi connectivity index (χ2v) is 20.8. The van der Waals surface area contributed by atoms with Gasteiger partial charge in [-0.25, -0.2) is 4.79 Å². The molecule has 1 aliphatic carbocycles. The summed E-state index contributed by atoms with van der Waals surface area (Å²) in [7, 11) is 0. The van der Waals surface area contributed by atoms with E-state index in [2.05, 4.69) is 53.2 Å². The third-order valence-electron chi connectivity index (χ3n) is 14.7. The summed E-state index contributed by atoms with van der Waals surface area (Å²) in [6.45, 7) is 10.1. The van der Waals surface area contributed by atoms with Gasteiger partial charge in [-0.15, -0.1) is 0 Å². The largest absolute Gasteiger partial charge is 0.459 e. The molecule has 3 aromatic carbocycles. The molecule has 3 amide bonds. The first-order chi connectivity index (χ1) is 36.0. The summed E-state index contributed by atoms with van der Waals surface area (Å²) in [5, 5.41) is 19.7. The number of hydrogen-bond acceptors (Lipinski definition) is 12. The first-order valence-corrected chi connectivity index (χ1v) is 26.7. The van der Waals surface area contributed by atoms with Gasteiger partial charge in [0.25, 0.3) is 0 Å². The fraction of sp³-hybridized carbons (Fsp3) is 0.500. The molecule has 3 fully saturated rings. The molecule has 0 unspecified atom stereocenters. The van der Waals surface area contributed by atoms with Gasteiger partial charge in [0.1, 0.15) is 36.3 Å². The highest BCUT2D eigenvalue weighted by molar-refractivity contribution is 5.88. The molecular weight excluding hydrogens is 955 g/mol. The van der Waals surface area contributed by atoms with E-state index < -0.39 is 42.1 Å². The van der Waals surface area contributed by atoms with E-state index in [1.165, 1.54) is 24.1 Å². The highest BCUT2D eigenvalue weighted by atomic mass is 16.6. The minimum absolute atomic E-state index is 0.000123. The summed E-state index contributed by atoms with van der Waals surface area (Å²) >= 11 is 0. The number of aliphatic hydroxyl groups is 1. The fourth-order valence-corrected chi connectivity index (χ4v) is 10.4. The SMILES string of the molecule is CC(=O)O[C@@H](C)/C=C\C(=O)N[C@@H]1C[C@H](C)[C@H](C/C=C(C)/C=C/[C@H]2O[C@H](CC(=O)CCc3ccc(CC(=O)CNC(=O)CCCCCNC(=O)OCC4c5ccccc5-c5ccccc54)cc3)C[C@@]3(CO3)[C@@H]2O)O[C@@H]1C. The highest BCUT2D eigenvalue weighted by Gasteiger charge is 2.58. The lowest BCUT2D eigenvalue weighted by Gasteiger charge is -2.39. The van der Waals surface area contributed by atoms with Crippen LogP contribution in [0.5, 0.6) is 0 Å². The molecule has 0 aromatic heterocycles. The molecule has 402 valence electrons. The Kier molecular flexibility index (Phi) is 20.3. The summed E-state index contributed by atoms with van der Waals surface area (Å²) in [5.41, 5.74) is 6.73. The second-order valence-electron chi connectivity index (χ2n) is 20.8. The van der Waals surface area contributed by atoms with Crippen molar-refractivity contribution in [2.24, 2.45) is 5.92 Å². The molecule has 3 aliphatic heterocycles. The minimum atomic E-state index is -0.860. The first kappa shape index (κ1) is 56.5. The zero-order valence-corrected chi connectivity index (χ0v) is 44.1. The van der Waals surface area contributed by atoms with Gasteiger partial charge in [0.05, 0.1) is 37.5 Å². The van der Waals surface area contributed by atoms with Crippen molar-refractivity contribution in [1.82, 2.24) is 16.0 Å². The Morgan fingerprint density at radius 2 is 1.53 bits per heavy atom. The Balaban J connectivity index is 0.741. The maximum atomic E-state index is 13.2. The predicted octanol–water partition coefficient (Wildman–Crippen LogP) is 7.89. The summed E-state index contributed by atoms with van der Waals surface area (Å²) in [5.74, 6) is -0.745. The van der Waals surface area contributed by atoms with Crippen LogP contribution in [0, 0.1) is 5.92 Å². The van der Waals surface area contributed by atoms with E-state index in [4.69, 9.17) is 23.7 Å². The number of esters is 1. The molecular formula is C60H75N3O12. The van der Waals surface area contributed by atoms with Crippen LogP contribution in [0.3, 0.4) is 0 Å². The number of amides is 3. The molecule has 0 bridgehead atoms. The third kappa shape index (κ3) is 16.6. The number of benzene rings is 3. The van der Waals surface area contributed by atoms with Crippen LogP contribution in [0.15, 0.2) is 109 Å². The van der Waals surface area contributed by atoms with E-state index in [1.807, 2.05) is 74.5 Å². The van der Waals surface area contributed by atoms with Crippen molar-refractivity contribution >= 4 is 35.4 Å². The van der Waals surface area contributed by atoms with Gasteiger partial charge in [0, 0.05) is 57.6 Å². The highest BCUT2D eigenvalue weighted by Crippen LogP contribution is 2.45. The number of rotatable bonds is 25. The number of aliphatic hydroxyl groups excluding tert-OH is 1. The zero-order valence-electron chi connectivity index (χ0n) is 44.1. The van der Waals surface area contributed by atoms with Gasteiger partial charge in [-0.3, -0.25) is 24.0 Å². The van der Waals surface area contributed by atoms with Gasteiger partial charge in [0.15, 0.2) is 5.78 Å². The molecule has 0 radical (unpaired) electrons. The number of alkyl carbamates (subject to hydrolysis) is 1. The normalized spacial score (nSPS) is 24.6. The van der Waals surface area contributed by atoms with Gasteiger partial charge >= 0.3 is 12.1 Å². The molecule has 15 nitrogen and oxygen atoms in total. The number of aryl methyl sites for hydroxylation is 1. The van der Waals surface area contributed by atoms with E-state index >= 15 is 0 Å². The van der Waals surface area contributed by atoms with Gasteiger partial charge in [0.2, 0.25) is 11.8 Å². The van der Waals surface area contributed by atoms with Crippen LogP contribution in [0.2, 0.25) is 0 Å². The molecule has 15 heteroatoms. The van der Waals surface area contributed by atoms with E-state index in [0.29, 0.717) is 51.7 Å². The van der Waals surface area contributed by atoms with Gasteiger partial charge in [-0.1, -0.05) is 110 Å². The van der Waals surface area contributed by atoms with Crippen LogP contribution in [0.4, 0.5) is 4.79 Å².